The second kappa shape index (κ2) is 7.33. The van der Waals surface area contributed by atoms with E-state index >= 15 is 0 Å². The third-order valence-corrected chi connectivity index (χ3v) is 3.48. The number of nitrogens with two attached hydrogens (primary N) is 1. The van der Waals surface area contributed by atoms with Gasteiger partial charge in [0.1, 0.15) is 23.9 Å². The summed E-state index contributed by atoms with van der Waals surface area (Å²) in [7, 11) is 0. The van der Waals surface area contributed by atoms with Crippen LogP contribution in [0, 0.1) is 0 Å². The van der Waals surface area contributed by atoms with Gasteiger partial charge in [0.05, 0.1) is 0 Å². The van der Waals surface area contributed by atoms with Gasteiger partial charge in [0.25, 0.3) is 0 Å². The molecule has 4 heteroatoms. The van der Waals surface area contributed by atoms with Crippen LogP contribution in [0.3, 0.4) is 0 Å². The molecule has 0 unspecified atom stereocenters. The minimum atomic E-state index is -0.455. The summed E-state index contributed by atoms with van der Waals surface area (Å²) in [5.74, 6) is 1.73. The average Bonchev–Trinajstić information content (AvgIpc) is 2.62. The number of carbonyl (C=O) groups is 1. The van der Waals surface area contributed by atoms with Crippen LogP contribution in [0.5, 0.6) is 17.2 Å². The van der Waals surface area contributed by atoms with Crippen molar-refractivity contribution in [1.82, 2.24) is 0 Å². The first kappa shape index (κ1) is 15.6. The summed E-state index contributed by atoms with van der Waals surface area (Å²) < 4.78 is 11.7. The molecule has 120 valence electrons. The summed E-state index contributed by atoms with van der Waals surface area (Å²) in [5, 5.41) is 0. The van der Waals surface area contributed by atoms with Gasteiger partial charge in [-0.1, -0.05) is 36.4 Å². The summed E-state index contributed by atoms with van der Waals surface area (Å²) in [6.45, 7) is 0.360. The maximum atomic E-state index is 11.1. The van der Waals surface area contributed by atoms with Crippen molar-refractivity contribution in [2.45, 2.75) is 6.61 Å². The van der Waals surface area contributed by atoms with Crippen LogP contribution in [0.4, 0.5) is 0 Å². The molecule has 0 aliphatic carbocycles. The Morgan fingerprint density at radius 2 is 1.46 bits per heavy atom. The Kier molecular flexibility index (Phi) is 4.77. The van der Waals surface area contributed by atoms with Crippen molar-refractivity contribution in [3.63, 3.8) is 0 Å². The molecule has 0 bridgehead atoms. The molecule has 4 nitrogen and oxygen atoms in total. The number of hydrogen-bond acceptors (Lipinski definition) is 3. The Morgan fingerprint density at radius 1 is 0.792 bits per heavy atom. The Labute approximate surface area is 140 Å². The highest BCUT2D eigenvalue weighted by atomic mass is 16.5. The van der Waals surface area contributed by atoms with Crippen molar-refractivity contribution >= 4 is 5.91 Å². The molecule has 0 saturated heterocycles. The number of rotatable bonds is 6. The van der Waals surface area contributed by atoms with E-state index in [2.05, 4.69) is 0 Å². The van der Waals surface area contributed by atoms with Crippen molar-refractivity contribution in [3.05, 3.63) is 90.0 Å². The fraction of sp³-hybridized carbons (Fsp3) is 0.0500. The molecular weight excluding hydrogens is 302 g/mol. The summed E-state index contributed by atoms with van der Waals surface area (Å²) >= 11 is 0. The highest BCUT2D eigenvalue weighted by Gasteiger charge is 2.06. The van der Waals surface area contributed by atoms with Crippen LogP contribution in [0.25, 0.3) is 0 Å². The van der Waals surface area contributed by atoms with Crippen LogP contribution < -0.4 is 15.2 Å². The molecule has 3 aromatic rings. The summed E-state index contributed by atoms with van der Waals surface area (Å²) in [6.07, 6.45) is 0. The Morgan fingerprint density at radius 3 is 2.17 bits per heavy atom. The molecule has 0 heterocycles. The van der Waals surface area contributed by atoms with E-state index in [1.165, 1.54) is 0 Å². The van der Waals surface area contributed by atoms with Crippen molar-refractivity contribution in [2.24, 2.45) is 5.73 Å². The lowest BCUT2D eigenvalue weighted by molar-refractivity contribution is 0.1000. The predicted molar refractivity (Wildman–Crippen MR) is 92.2 cm³/mol. The van der Waals surface area contributed by atoms with Gasteiger partial charge in [-0.3, -0.25) is 4.79 Å². The quantitative estimate of drug-likeness (QED) is 0.742. The van der Waals surface area contributed by atoms with E-state index in [1.807, 2.05) is 54.6 Å². The lowest BCUT2D eigenvalue weighted by Crippen LogP contribution is -2.10. The van der Waals surface area contributed by atoms with E-state index in [4.69, 9.17) is 15.2 Å². The van der Waals surface area contributed by atoms with Crippen molar-refractivity contribution in [3.8, 4) is 17.2 Å². The minimum absolute atomic E-state index is 0.360. The summed E-state index contributed by atoms with van der Waals surface area (Å²) in [6, 6.07) is 24.0. The molecule has 1 amide bonds. The van der Waals surface area contributed by atoms with Crippen LogP contribution in [-0.2, 0) is 6.61 Å². The topological polar surface area (TPSA) is 61.6 Å². The molecule has 0 aliphatic heterocycles. The highest BCUT2D eigenvalue weighted by Crippen LogP contribution is 2.26. The van der Waals surface area contributed by atoms with Crippen LogP contribution >= 0.6 is 0 Å². The maximum absolute atomic E-state index is 11.1. The van der Waals surface area contributed by atoms with Gasteiger partial charge in [-0.2, -0.15) is 0 Å². The van der Waals surface area contributed by atoms with Crippen LogP contribution in [-0.4, -0.2) is 5.91 Å². The van der Waals surface area contributed by atoms with Gasteiger partial charge in [0.2, 0.25) is 5.91 Å². The molecule has 2 N–H and O–H groups in total. The van der Waals surface area contributed by atoms with Crippen LogP contribution in [0.1, 0.15) is 15.9 Å². The van der Waals surface area contributed by atoms with Gasteiger partial charge in [0, 0.05) is 11.1 Å². The first-order chi connectivity index (χ1) is 11.7. The SMILES string of the molecule is NC(=O)c1ccc(OCc2ccccc2Oc2ccccc2)cc1. The lowest BCUT2D eigenvalue weighted by Gasteiger charge is -2.12. The van der Waals surface area contributed by atoms with Gasteiger partial charge in [0.15, 0.2) is 0 Å². The number of ether oxygens (including phenoxy) is 2. The third kappa shape index (κ3) is 3.93. The van der Waals surface area contributed by atoms with Gasteiger partial charge < -0.3 is 15.2 Å². The largest absolute Gasteiger partial charge is 0.489 e. The molecule has 0 aromatic heterocycles. The second-order valence-electron chi connectivity index (χ2n) is 5.20. The monoisotopic (exact) mass is 319 g/mol. The number of hydrogen-bond donors (Lipinski definition) is 1. The molecule has 0 spiro atoms. The summed E-state index contributed by atoms with van der Waals surface area (Å²) in [5.41, 5.74) is 6.61. The minimum Gasteiger partial charge on any atom is -0.489 e. The molecule has 3 rings (SSSR count). The van der Waals surface area contributed by atoms with Gasteiger partial charge >= 0.3 is 0 Å². The number of para-hydroxylation sites is 2. The fourth-order valence-corrected chi connectivity index (χ4v) is 2.21. The van der Waals surface area contributed by atoms with Crippen molar-refractivity contribution in [1.29, 1.82) is 0 Å². The lowest BCUT2D eigenvalue weighted by atomic mass is 10.2. The first-order valence-electron chi connectivity index (χ1n) is 7.56. The van der Waals surface area contributed by atoms with E-state index in [9.17, 15) is 4.79 Å². The third-order valence-electron chi connectivity index (χ3n) is 3.48. The standard InChI is InChI=1S/C20H17NO3/c21-20(22)15-10-12-17(13-11-15)23-14-16-6-4-5-9-19(16)24-18-7-2-1-3-8-18/h1-13H,14H2,(H2,21,22). The van der Waals surface area contributed by atoms with E-state index in [-0.39, 0.29) is 0 Å². The first-order valence-corrected chi connectivity index (χ1v) is 7.56. The van der Waals surface area contributed by atoms with Crippen LogP contribution in [0.2, 0.25) is 0 Å². The Balaban J connectivity index is 1.70. The number of carbonyl (C=O) groups excluding carboxylic acids is 1. The Bertz CT molecular complexity index is 814. The maximum Gasteiger partial charge on any atom is 0.248 e. The normalized spacial score (nSPS) is 10.2. The molecule has 0 aliphatic rings. The zero-order valence-electron chi connectivity index (χ0n) is 13.0. The molecule has 0 radical (unpaired) electrons. The van der Waals surface area contributed by atoms with Crippen LogP contribution in [0.15, 0.2) is 78.9 Å². The second-order valence-corrected chi connectivity index (χ2v) is 5.20. The average molecular weight is 319 g/mol. The van der Waals surface area contributed by atoms with E-state index < -0.39 is 5.91 Å². The zero-order chi connectivity index (χ0) is 16.8. The smallest absolute Gasteiger partial charge is 0.248 e. The molecular formula is C20H17NO3. The van der Waals surface area contributed by atoms with E-state index in [1.54, 1.807) is 24.3 Å². The summed E-state index contributed by atoms with van der Waals surface area (Å²) in [4.78, 5) is 11.1. The number of primary amides is 1. The van der Waals surface area contributed by atoms with Gasteiger partial charge in [-0.15, -0.1) is 0 Å². The highest BCUT2D eigenvalue weighted by molar-refractivity contribution is 5.92. The molecule has 3 aromatic carbocycles. The number of amides is 1. The number of benzene rings is 3. The van der Waals surface area contributed by atoms with Crippen molar-refractivity contribution in [2.75, 3.05) is 0 Å². The molecule has 0 fully saturated rings. The van der Waals surface area contributed by atoms with E-state index in [0.717, 1.165) is 17.1 Å². The zero-order valence-corrected chi connectivity index (χ0v) is 13.0. The molecule has 0 saturated carbocycles. The molecule has 0 atom stereocenters. The van der Waals surface area contributed by atoms with Gasteiger partial charge in [-0.25, -0.2) is 0 Å². The van der Waals surface area contributed by atoms with Gasteiger partial charge in [-0.05, 0) is 42.5 Å². The molecule has 24 heavy (non-hydrogen) atoms. The fourth-order valence-electron chi connectivity index (χ4n) is 2.21. The Hall–Kier alpha value is -3.27. The van der Waals surface area contributed by atoms with E-state index in [0.29, 0.717) is 17.9 Å². The van der Waals surface area contributed by atoms with Crippen molar-refractivity contribution < 1.29 is 14.3 Å². The predicted octanol–water partition coefficient (Wildman–Crippen LogP) is 4.16.